The summed E-state index contributed by atoms with van der Waals surface area (Å²) >= 11 is 0. The third-order valence-electron chi connectivity index (χ3n) is 2.15. The van der Waals surface area contributed by atoms with E-state index in [9.17, 15) is 15.3 Å². The maximum absolute atomic E-state index is 9.57. The Bertz CT molecular complexity index is 177. The van der Waals surface area contributed by atoms with Crippen LogP contribution in [0.25, 0.3) is 0 Å². The van der Waals surface area contributed by atoms with Gasteiger partial charge in [0.15, 0.2) is 0 Å². The van der Waals surface area contributed by atoms with Crippen molar-refractivity contribution in [2.45, 2.75) is 51.6 Å². The Morgan fingerprint density at radius 2 is 1.27 bits per heavy atom. The molecule has 0 amide bonds. The van der Waals surface area contributed by atoms with Crippen LogP contribution < -0.4 is 0 Å². The van der Waals surface area contributed by atoms with Gasteiger partial charge in [-0.05, 0) is 11.8 Å². The molecule has 0 heterocycles. The van der Waals surface area contributed by atoms with Crippen LogP contribution in [0.4, 0.5) is 0 Å². The second-order valence-electron chi connectivity index (χ2n) is 5.06. The predicted octanol–water partition coefficient (Wildman–Crippen LogP) is -1.14. The molecule has 92 valence electrons. The van der Waals surface area contributed by atoms with Gasteiger partial charge in [-0.1, -0.05) is 20.8 Å². The summed E-state index contributed by atoms with van der Waals surface area (Å²) in [5, 5.41) is 46.0. The summed E-state index contributed by atoms with van der Waals surface area (Å²) in [4.78, 5) is 0. The zero-order chi connectivity index (χ0) is 12.2. The van der Waals surface area contributed by atoms with Gasteiger partial charge in [0.2, 0.25) is 0 Å². The molecule has 5 heteroatoms. The first-order valence-electron chi connectivity index (χ1n) is 5.02. The minimum absolute atomic E-state index is 0.190. The molecule has 0 saturated carbocycles. The standard InChI is InChI=1S/C10H22O5/c1-10(2,3)4-6(12)8(14)9(15)7(13)5-11/h6-9,11-15H,4-5H2,1-3H3/t6-,7-,8+,9-/m1/s1. The molecule has 0 aromatic carbocycles. The molecule has 0 aliphatic heterocycles. The molecule has 0 rings (SSSR count). The van der Waals surface area contributed by atoms with Gasteiger partial charge in [-0.3, -0.25) is 0 Å². The van der Waals surface area contributed by atoms with Crippen molar-refractivity contribution in [1.82, 2.24) is 0 Å². The summed E-state index contributed by atoms with van der Waals surface area (Å²) in [5.41, 5.74) is -0.190. The summed E-state index contributed by atoms with van der Waals surface area (Å²) in [6.45, 7) is 5.01. The van der Waals surface area contributed by atoms with E-state index in [4.69, 9.17) is 10.2 Å². The van der Waals surface area contributed by atoms with Gasteiger partial charge >= 0.3 is 0 Å². The Kier molecular flexibility index (Phi) is 5.69. The van der Waals surface area contributed by atoms with E-state index in [0.29, 0.717) is 6.42 Å². The molecule has 0 bridgehead atoms. The van der Waals surface area contributed by atoms with Crippen molar-refractivity contribution in [2.24, 2.45) is 5.41 Å². The van der Waals surface area contributed by atoms with E-state index in [2.05, 4.69) is 0 Å². The zero-order valence-electron chi connectivity index (χ0n) is 9.46. The fraction of sp³-hybridized carbons (Fsp3) is 1.00. The van der Waals surface area contributed by atoms with Crippen LogP contribution in [0, 0.1) is 5.41 Å². The Balaban J connectivity index is 4.25. The lowest BCUT2D eigenvalue weighted by molar-refractivity contribution is -0.121. The van der Waals surface area contributed by atoms with Crippen LogP contribution in [-0.4, -0.2) is 56.6 Å². The van der Waals surface area contributed by atoms with Crippen LogP contribution in [0.1, 0.15) is 27.2 Å². The molecule has 0 fully saturated rings. The summed E-state index contributed by atoms with van der Waals surface area (Å²) in [7, 11) is 0. The maximum Gasteiger partial charge on any atom is 0.110 e. The van der Waals surface area contributed by atoms with Gasteiger partial charge in [0.25, 0.3) is 0 Å². The fourth-order valence-corrected chi connectivity index (χ4v) is 1.31. The highest BCUT2D eigenvalue weighted by Gasteiger charge is 2.32. The highest BCUT2D eigenvalue weighted by Crippen LogP contribution is 2.23. The van der Waals surface area contributed by atoms with Crippen LogP contribution in [0.2, 0.25) is 0 Å². The van der Waals surface area contributed by atoms with E-state index < -0.39 is 31.0 Å². The number of hydrogen-bond acceptors (Lipinski definition) is 5. The molecule has 0 aliphatic rings. The van der Waals surface area contributed by atoms with E-state index >= 15 is 0 Å². The van der Waals surface area contributed by atoms with Gasteiger partial charge in [-0.25, -0.2) is 0 Å². The molecule has 0 radical (unpaired) electrons. The second kappa shape index (κ2) is 5.77. The molecule has 0 aromatic rings. The first-order valence-corrected chi connectivity index (χ1v) is 5.02. The van der Waals surface area contributed by atoms with Crippen molar-refractivity contribution in [3.8, 4) is 0 Å². The highest BCUT2D eigenvalue weighted by atomic mass is 16.4. The molecule has 5 nitrogen and oxygen atoms in total. The Labute approximate surface area is 90.0 Å². The average molecular weight is 222 g/mol. The zero-order valence-corrected chi connectivity index (χ0v) is 9.46. The lowest BCUT2D eigenvalue weighted by Crippen LogP contribution is -2.46. The van der Waals surface area contributed by atoms with Crippen molar-refractivity contribution in [3.63, 3.8) is 0 Å². The first kappa shape index (κ1) is 14.8. The van der Waals surface area contributed by atoms with Crippen LogP contribution in [0.15, 0.2) is 0 Å². The lowest BCUT2D eigenvalue weighted by atomic mass is 9.86. The molecular weight excluding hydrogens is 200 g/mol. The number of rotatable bonds is 5. The number of aliphatic hydroxyl groups is 5. The molecule has 0 unspecified atom stereocenters. The van der Waals surface area contributed by atoms with Gasteiger partial charge in [0.1, 0.15) is 18.3 Å². The number of hydrogen-bond donors (Lipinski definition) is 5. The Morgan fingerprint density at radius 1 is 0.867 bits per heavy atom. The highest BCUT2D eigenvalue weighted by molar-refractivity contribution is 4.83. The summed E-state index contributed by atoms with van der Waals surface area (Å²) in [6, 6.07) is 0. The van der Waals surface area contributed by atoms with Crippen molar-refractivity contribution in [3.05, 3.63) is 0 Å². The van der Waals surface area contributed by atoms with Gasteiger partial charge < -0.3 is 25.5 Å². The molecule has 0 aliphatic carbocycles. The summed E-state index contributed by atoms with van der Waals surface area (Å²) < 4.78 is 0. The van der Waals surface area contributed by atoms with Crippen molar-refractivity contribution < 1.29 is 25.5 Å². The minimum atomic E-state index is -1.53. The number of aliphatic hydroxyl groups excluding tert-OH is 5. The normalized spacial score (nSPS) is 20.8. The van der Waals surface area contributed by atoms with Gasteiger partial charge in [-0.2, -0.15) is 0 Å². The molecule has 4 atom stereocenters. The largest absolute Gasteiger partial charge is 0.394 e. The van der Waals surface area contributed by atoms with Crippen molar-refractivity contribution in [1.29, 1.82) is 0 Å². The molecule has 5 N–H and O–H groups in total. The quantitative estimate of drug-likeness (QED) is 0.405. The topological polar surface area (TPSA) is 101 Å². The average Bonchev–Trinajstić information content (AvgIpc) is 2.11. The van der Waals surface area contributed by atoms with Crippen molar-refractivity contribution >= 4 is 0 Å². The van der Waals surface area contributed by atoms with Crippen LogP contribution in [-0.2, 0) is 0 Å². The second-order valence-corrected chi connectivity index (χ2v) is 5.06. The van der Waals surface area contributed by atoms with Crippen LogP contribution >= 0.6 is 0 Å². The summed E-state index contributed by atoms with van der Waals surface area (Å²) in [5.74, 6) is 0. The smallest absolute Gasteiger partial charge is 0.110 e. The summed E-state index contributed by atoms with van der Waals surface area (Å²) in [6.07, 6.45) is -5.25. The SMILES string of the molecule is CC(C)(C)C[C@@H](O)[C@H](O)[C@H](O)[C@H](O)CO. The van der Waals surface area contributed by atoms with Crippen molar-refractivity contribution in [2.75, 3.05) is 6.61 Å². The predicted molar refractivity (Wildman–Crippen MR) is 55.2 cm³/mol. The van der Waals surface area contributed by atoms with Gasteiger partial charge in [-0.15, -0.1) is 0 Å². The monoisotopic (exact) mass is 222 g/mol. The maximum atomic E-state index is 9.57. The third-order valence-corrected chi connectivity index (χ3v) is 2.15. The minimum Gasteiger partial charge on any atom is -0.394 e. The van der Waals surface area contributed by atoms with Gasteiger partial charge in [0.05, 0.1) is 12.7 Å². The third kappa shape index (κ3) is 5.44. The van der Waals surface area contributed by atoms with E-state index in [-0.39, 0.29) is 5.41 Å². The first-order chi connectivity index (χ1) is 6.69. The van der Waals surface area contributed by atoms with Crippen LogP contribution in [0.5, 0.6) is 0 Å². The van der Waals surface area contributed by atoms with E-state index in [1.807, 2.05) is 20.8 Å². The van der Waals surface area contributed by atoms with E-state index in [1.54, 1.807) is 0 Å². The van der Waals surface area contributed by atoms with Gasteiger partial charge in [0, 0.05) is 0 Å². The Morgan fingerprint density at radius 3 is 1.60 bits per heavy atom. The van der Waals surface area contributed by atoms with Crippen LogP contribution in [0.3, 0.4) is 0 Å². The Hall–Kier alpha value is -0.200. The molecule has 15 heavy (non-hydrogen) atoms. The molecular formula is C10H22O5. The fourth-order valence-electron chi connectivity index (χ4n) is 1.31. The molecule has 0 spiro atoms. The molecule has 0 aromatic heterocycles. The molecule has 0 saturated heterocycles. The van der Waals surface area contributed by atoms with E-state index in [1.165, 1.54) is 0 Å². The lowest BCUT2D eigenvalue weighted by Gasteiger charge is -2.29. The van der Waals surface area contributed by atoms with E-state index in [0.717, 1.165) is 0 Å².